The van der Waals surface area contributed by atoms with Crippen LogP contribution >= 0.6 is 0 Å². The van der Waals surface area contributed by atoms with Crippen LogP contribution in [-0.4, -0.2) is 6.54 Å². The van der Waals surface area contributed by atoms with Gasteiger partial charge in [-0.1, -0.05) is 38.0 Å². The van der Waals surface area contributed by atoms with Crippen LogP contribution in [0.15, 0.2) is 24.3 Å². The summed E-state index contributed by atoms with van der Waals surface area (Å²) in [6, 6.07) is 8.56. The molecule has 1 fully saturated rings. The summed E-state index contributed by atoms with van der Waals surface area (Å²) in [4.78, 5) is 0. The van der Waals surface area contributed by atoms with Gasteiger partial charge < -0.3 is 5.32 Å². The fraction of sp³-hybridized carbons (Fsp3) is 0.600. The summed E-state index contributed by atoms with van der Waals surface area (Å²) in [5.41, 5.74) is 2.66. The molecule has 2 atom stereocenters. The molecule has 1 aromatic carbocycles. The Hall–Kier alpha value is -0.980. The molecule has 2 rings (SSSR count). The minimum Gasteiger partial charge on any atom is -0.385 e. The average molecular weight is 217 g/mol. The first-order valence-corrected chi connectivity index (χ1v) is 6.55. The Bertz CT molecular complexity index is 332. The molecule has 1 aliphatic carbocycles. The standard InChI is InChI=1S/C15H23N/c1-12-6-5-8-14(10-12)11-16-15-9-4-3-7-13(15)2/h3-4,7,9,12,14,16H,5-6,8,10-11H2,1-2H3. The van der Waals surface area contributed by atoms with Gasteiger partial charge in [0.2, 0.25) is 0 Å². The molecule has 2 unspecified atom stereocenters. The molecule has 0 heterocycles. The second-order valence-corrected chi connectivity index (χ2v) is 5.33. The molecule has 16 heavy (non-hydrogen) atoms. The van der Waals surface area contributed by atoms with Gasteiger partial charge in [0.25, 0.3) is 0 Å². The molecule has 0 saturated heterocycles. The van der Waals surface area contributed by atoms with Gasteiger partial charge >= 0.3 is 0 Å². The third-order valence-electron chi connectivity index (χ3n) is 3.77. The van der Waals surface area contributed by atoms with E-state index in [0.29, 0.717) is 0 Å². The van der Waals surface area contributed by atoms with Crippen LogP contribution in [0.5, 0.6) is 0 Å². The van der Waals surface area contributed by atoms with Crippen molar-refractivity contribution in [2.24, 2.45) is 11.8 Å². The Kier molecular flexibility index (Phi) is 3.87. The summed E-state index contributed by atoms with van der Waals surface area (Å²) < 4.78 is 0. The van der Waals surface area contributed by atoms with Crippen LogP contribution in [0, 0.1) is 18.8 Å². The lowest BCUT2D eigenvalue weighted by Crippen LogP contribution is -2.21. The third kappa shape index (κ3) is 3.01. The Morgan fingerprint density at radius 3 is 2.81 bits per heavy atom. The molecule has 1 nitrogen and oxygen atoms in total. The minimum atomic E-state index is 0.878. The highest BCUT2D eigenvalue weighted by atomic mass is 14.9. The van der Waals surface area contributed by atoms with Crippen molar-refractivity contribution < 1.29 is 0 Å². The molecular formula is C15H23N. The number of aryl methyl sites for hydroxylation is 1. The minimum absolute atomic E-state index is 0.878. The van der Waals surface area contributed by atoms with Crippen molar-refractivity contribution in [3.8, 4) is 0 Å². The van der Waals surface area contributed by atoms with Crippen molar-refractivity contribution in [2.45, 2.75) is 39.5 Å². The molecule has 1 N–H and O–H groups in total. The van der Waals surface area contributed by atoms with Gasteiger partial charge in [-0.2, -0.15) is 0 Å². The molecule has 0 radical (unpaired) electrons. The number of hydrogen-bond donors (Lipinski definition) is 1. The third-order valence-corrected chi connectivity index (χ3v) is 3.77. The molecule has 1 heteroatoms. The van der Waals surface area contributed by atoms with Crippen molar-refractivity contribution in [1.29, 1.82) is 0 Å². The molecule has 1 aromatic rings. The molecule has 0 bridgehead atoms. The Morgan fingerprint density at radius 1 is 1.25 bits per heavy atom. The Morgan fingerprint density at radius 2 is 2.06 bits per heavy atom. The van der Waals surface area contributed by atoms with Gasteiger partial charge in [0.1, 0.15) is 0 Å². The maximum absolute atomic E-state index is 3.60. The van der Waals surface area contributed by atoms with Crippen LogP contribution in [0.4, 0.5) is 5.69 Å². The quantitative estimate of drug-likeness (QED) is 0.798. The van der Waals surface area contributed by atoms with Gasteiger partial charge in [0, 0.05) is 12.2 Å². The molecule has 1 aliphatic rings. The van der Waals surface area contributed by atoms with Crippen LogP contribution in [0.3, 0.4) is 0 Å². The van der Waals surface area contributed by atoms with E-state index in [1.54, 1.807) is 0 Å². The maximum atomic E-state index is 3.60. The second-order valence-electron chi connectivity index (χ2n) is 5.33. The van der Waals surface area contributed by atoms with E-state index in [-0.39, 0.29) is 0 Å². The van der Waals surface area contributed by atoms with E-state index in [4.69, 9.17) is 0 Å². The first-order chi connectivity index (χ1) is 7.75. The number of para-hydroxylation sites is 1. The first kappa shape index (κ1) is 11.5. The van der Waals surface area contributed by atoms with E-state index in [0.717, 1.165) is 18.4 Å². The van der Waals surface area contributed by atoms with Crippen LogP contribution in [0.25, 0.3) is 0 Å². The fourth-order valence-electron chi connectivity index (χ4n) is 2.77. The van der Waals surface area contributed by atoms with E-state index in [1.165, 1.54) is 36.9 Å². The zero-order valence-electron chi connectivity index (χ0n) is 10.5. The highest BCUT2D eigenvalue weighted by Gasteiger charge is 2.18. The summed E-state index contributed by atoms with van der Waals surface area (Å²) in [5, 5.41) is 3.60. The summed E-state index contributed by atoms with van der Waals surface area (Å²) in [6.07, 6.45) is 5.66. The second kappa shape index (κ2) is 5.38. The molecule has 0 aliphatic heterocycles. The van der Waals surface area contributed by atoms with Crippen molar-refractivity contribution in [1.82, 2.24) is 0 Å². The smallest absolute Gasteiger partial charge is 0.0369 e. The zero-order valence-corrected chi connectivity index (χ0v) is 10.5. The van der Waals surface area contributed by atoms with E-state index in [9.17, 15) is 0 Å². The summed E-state index contributed by atoms with van der Waals surface area (Å²) in [6.45, 7) is 5.71. The van der Waals surface area contributed by atoms with Crippen LogP contribution in [-0.2, 0) is 0 Å². The van der Waals surface area contributed by atoms with Gasteiger partial charge in [0.05, 0.1) is 0 Å². The van der Waals surface area contributed by atoms with E-state index in [2.05, 4.69) is 43.4 Å². The van der Waals surface area contributed by atoms with E-state index in [1.807, 2.05) is 0 Å². The maximum Gasteiger partial charge on any atom is 0.0369 e. The van der Waals surface area contributed by atoms with Crippen LogP contribution in [0.2, 0.25) is 0 Å². The lowest BCUT2D eigenvalue weighted by atomic mass is 9.82. The Balaban J connectivity index is 1.85. The molecule has 0 aromatic heterocycles. The van der Waals surface area contributed by atoms with E-state index < -0.39 is 0 Å². The van der Waals surface area contributed by atoms with Gasteiger partial charge in [-0.25, -0.2) is 0 Å². The normalized spacial score (nSPS) is 25.4. The van der Waals surface area contributed by atoms with Gasteiger partial charge in [-0.05, 0) is 43.2 Å². The molecule has 1 saturated carbocycles. The SMILES string of the molecule is Cc1ccccc1NCC1CCCC(C)C1. The Labute approximate surface area is 99.3 Å². The number of benzene rings is 1. The predicted molar refractivity (Wildman–Crippen MR) is 70.8 cm³/mol. The predicted octanol–water partition coefficient (Wildman–Crippen LogP) is 4.23. The lowest BCUT2D eigenvalue weighted by molar-refractivity contribution is 0.293. The number of hydrogen-bond acceptors (Lipinski definition) is 1. The van der Waals surface area contributed by atoms with Crippen molar-refractivity contribution in [3.63, 3.8) is 0 Å². The van der Waals surface area contributed by atoms with E-state index >= 15 is 0 Å². The lowest BCUT2D eigenvalue weighted by Gasteiger charge is -2.27. The number of rotatable bonds is 3. The van der Waals surface area contributed by atoms with Crippen molar-refractivity contribution in [2.75, 3.05) is 11.9 Å². The highest BCUT2D eigenvalue weighted by molar-refractivity contribution is 5.50. The summed E-state index contributed by atoms with van der Waals surface area (Å²) in [7, 11) is 0. The topological polar surface area (TPSA) is 12.0 Å². The molecule has 0 spiro atoms. The van der Waals surface area contributed by atoms with Crippen LogP contribution < -0.4 is 5.32 Å². The fourth-order valence-corrected chi connectivity index (χ4v) is 2.77. The molecular weight excluding hydrogens is 194 g/mol. The first-order valence-electron chi connectivity index (χ1n) is 6.55. The molecule has 0 amide bonds. The van der Waals surface area contributed by atoms with Gasteiger partial charge in [0.15, 0.2) is 0 Å². The van der Waals surface area contributed by atoms with Gasteiger partial charge in [-0.3, -0.25) is 0 Å². The zero-order chi connectivity index (χ0) is 11.4. The van der Waals surface area contributed by atoms with Crippen molar-refractivity contribution >= 4 is 5.69 Å². The van der Waals surface area contributed by atoms with Crippen molar-refractivity contribution in [3.05, 3.63) is 29.8 Å². The van der Waals surface area contributed by atoms with Gasteiger partial charge in [-0.15, -0.1) is 0 Å². The summed E-state index contributed by atoms with van der Waals surface area (Å²) >= 11 is 0. The summed E-state index contributed by atoms with van der Waals surface area (Å²) in [5.74, 6) is 1.81. The van der Waals surface area contributed by atoms with Crippen LogP contribution in [0.1, 0.15) is 38.2 Å². The number of nitrogens with one attached hydrogen (secondary N) is 1. The monoisotopic (exact) mass is 217 g/mol. The highest BCUT2D eigenvalue weighted by Crippen LogP contribution is 2.28. The largest absolute Gasteiger partial charge is 0.385 e. The number of anilines is 1. The average Bonchev–Trinajstić information content (AvgIpc) is 2.28. The molecule has 88 valence electrons.